The molecule has 4 aromatic rings. The van der Waals surface area contributed by atoms with Crippen LogP contribution in [-0.2, 0) is 31.3 Å². The standard InChI is InChI=1S/C24H25ClF5N5O2Si/c1-34-11-18(24(28,29)30)31-21(34)15-6-5-14(9-16(15)26)12-37-22-20-19(32-23(25)33-22)17(27)10-35(20)13-36-7-8-38(2,3)4/h5-6,9-11H,7-8,12-13H2,1-4H3. The van der Waals surface area contributed by atoms with Crippen LogP contribution in [0.3, 0.4) is 0 Å². The van der Waals surface area contributed by atoms with E-state index in [0.717, 1.165) is 22.9 Å². The van der Waals surface area contributed by atoms with Gasteiger partial charge in [0, 0.05) is 34.1 Å². The first-order valence-electron chi connectivity index (χ1n) is 11.5. The fourth-order valence-corrected chi connectivity index (χ4v) is 4.59. The van der Waals surface area contributed by atoms with E-state index in [0.29, 0.717) is 12.2 Å². The Balaban J connectivity index is 1.55. The fraction of sp³-hybridized carbons (Fsp3) is 0.375. The molecule has 0 fully saturated rings. The van der Waals surface area contributed by atoms with Crippen molar-refractivity contribution in [2.45, 2.75) is 45.2 Å². The molecule has 0 N–H and O–H groups in total. The molecule has 0 aliphatic carbocycles. The van der Waals surface area contributed by atoms with Gasteiger partial charge in [0.2, 0.25) is 11.2 Å². The largest absolute Gasteiger partial charge is 0.471 e. The maximum Gasteiger partial charge on any atom is 0.434 e. The number of imidazole rings is 1. The van der Waals surface area contributed by atoms with Crippen LogP contribution in [0, 0.1) is 11.6 Å². The maximum absolute atomic E-state index is 14.9. The van der Waals surface area contributed by atoms with Crippen molar-refractivity contribution in [1.82, 2.24) is 24.1 Å². The van der Waals surface area contributed by atoms with Gasteiger partial charge < -0.3 is 18.6 Å². The zero-order chi connectivity index (χ0) is 27.8. The third-order valence-corrected chi connectivity index (χ3v) is 7.52. The zero-order valence-corrected chi connectivity index (χ0v) is 22.8. The van der Waals surface area contributed by atoms with Gasteiger partial charge in [-0.15, -0.1) is 0 Å². The van der Waals surface area contributed by atoms with E-state index in [1.807, 2.05) is 0 Å². The van der Waals surface area contributed by atoms with Gasteiger partial charge >= 0.3 is 6.18 Å². The summed E-state index contributed by atoms with van der Waals surface area (Å²) in [4.78, 5) is 11.5. The Bertz CT molecular complexity index is 1470. The van der Waals surface area contributed by atoms with E-state index >= 15 is 0 Å². The summed E-state index contributed by atoms with van der Waals surface area (Å²) in [6.07, 6.45) is -2.65. The minimum atomic E-state index is -4.65. The molecule has 0 unspecified atom stereocenters. The normalized spacial score (nSPS) is 12.5. The molecule has 0 atom stereocenters. The highest BCUT2D eigenvalue weighted by Gasteiger charge is 2.35. The maximum atomic E-state index is 14.9. The third kappa shape index (κ3) is 6.33. The molecule has 0 radical (unpaired) electrons. The number of aryl methyl sites for hydroxylation is 1. The molecule has 0 bridgehead atoms. The lowest BCUT2D eigenvalue weighted by Gasteiger charge is -2.16. The topological polar surface area (TPSA) is 67.0 Å². The van der Waals surface area contributed by atoms with Crippen molar-refractivity contribution < 1.29 is 31.4 Å². The van der Waals surface area contributed by atoms with Crippen molar-refractivity contribution in [1.29, 1.82) is 0 Å². The van der Waals surface area contributed by atoms with Crippen LogP contribution in [0.2, 0.25) is 31.0 Å². The van der Waals surface area contributed by atoms with Crippen LogP contribution < -0.4 is 4.74 Å². The number of halogens is 6. The molecule has 1 aromatic carbocycles. The van der Waals surface area contributed by atoms with Gasteiger partial charge in [-0.25, -0.2) is 18.7 Å². The van der Waals surface area contributed by atoms with Crippen LogP contribution in [0.15, 0.2) is 30.6 Å². The monoisotopic (exact) mass is 573 g/mol. The SMILES string of the molecule is Cn1cc(C(F)(F)F)nc1-c1ccc(COc2nc(Cl)nc3c(F)cn(COCC[Si](C)(C)C)c23)cc1F. The second-order valence-electron chi connectivity index (χ2n) is 9.95. The van der Waals surface area contributed by atoms with Crippen molar-refractivity contribution in [2.24, 2.45) is 7.05 Å². The Morgan fingerprint density at radius 1 is 1.03 bits per heavy atom. The summed E-state index contributed by atoms with van der Waals surface area (Å²) in [6.45, 7) is 7.02. The van der Waals surface area contributed by atoms with Gasteiger partial charge in [-0.1, -0.05) is 25.7 Å². The van der Waals surface area contributed by atoms with Gasteiger partial charge in [-0.3, -0.25) is 0 Å². The number of fused-ring (bicyclic) bond motifs is 1. The number of rotatable bonds is 9. The smallest absolute Gasteiger partial charge is 0.434 e. The second kappa shape index (κ2) is 10.6. The first-order valence-corrected chi connectivity index (χ1v) is 15.6. The third-order valence-electron chi connectivity index (χ3n) is 5.65. The molecule has 4 rings (SSSR count). The highest BCUT2D eigenvalue weighted by molar-refractivity contribution is 6.76. The lowest BCUT2D eigenvalue weighted by atomic mass is 10.1. The molecule has 38 heavy (non-hydrogen) atoms. The number of hydrogen-bond donors (Lipinski definition) is 0. The minimum Gasteiger partial charge on any atom is -0.471 e. The molecule has 0 aliphatic rings. The molecular formula is C24H25ClF5N5O2Si. The van der Waals surface area contributed by atoms with Crippen LogP contribution in [0.5, 0.6) is 5.88 Å². The quantitative estimate of drug-likeness (QED) is 0.0968. The number of ether oxygens (including phenoxy) is 2. The average molecular weight is 574 g/mol. The molecule has 3 aromatic heterocycles. The Labute approximate surface area is 221 Å². The van der Waals surface area contributed by atoms with Gasteiger partial charge in [0.1, 0.15) is 36.0 Å². The zero-order valence-electron chi connectivity index (χ0n) is 21.0. The van der Waals surface area contributed by atoms with E-state index in [1.165, 1.54) is 29.9 Å². The Hall–Kier alpha value is -3.03. The Kier molecular flexibility index (Phi) is 7.82. The summed E-state index contributed by atoms with van der Waals surface area (Å²) in [5.41, 5.74) is -0.698. The lowest BCUT2D eigenvalue weighted by molar-refractivity contribution is -0.140. The van der Waals surface area contributed by atoms with E-state index in [1.54, 1.807) is 0 Å². The van der Waals surface area contributed by atoms with Crippen molar-refractivity contribution in [3.63, 3.8) is 0 Å². The highest BCUT2D eigenvalue weighted by atomic mass is 35.5. The summed E-state index contributed by atoms with van der Waals surface area (Å²) in [5.74, 6) is -1.62. The second-order valence-corrected chi connectivity index (χ2v) is 15.9. The number of nitrogens with zero attached hydrogens (tertiary/aromatic N) is 5. The molecule has 0 amide bonds. The van der Waals surface area contributed by atoms with Crippen molar-refractivity contribution in [2.75, 3.05) is 6.61 Å². The first kappa shape index (κ1) is 28.0. The number of hydrogen-bond acceptors (Lipinski definition) is 5. The van der Waals surface area contributed by atoms with Crippen molar-refractivity contribution >= 4 is 30.7 Å². The Morgan fingerprint density at radius 2 is 1.76 bits per heavy atom. The predicted molar refractivity (Wildman–Crippen MR) is 135 cm³/mol. The summed E-state index contributed by atoms with van der Waals surface area (Å²) >= 11 is 5.97. The van der Waals surface area contributed by atoms with Crippen LogP contribution in [0.1, 0.15) is 11.3 Å². The average Bonchev–Trinajstić information content (AvgIpc) is 3.34. The number of alkyl halides is 3. The van der Waals surface area contributed by atoms with Crippen LogP contribution in [0.4, 0.5) is 22.0 Å². The summed E-state index contributed by atoms with van der Waals surface area (Å²) in [5, 5.41) is -0.236. The molecule has 0 spiro atoms. The summed E-state index contributed by atoms with van der Waals surface area (Å²) in [7, 11) is 0.0340. The fourth-order valence-electron chi connectivity index (χ4n) is 3.67. The number of benzene rings is 1. The van der Waals surface area contributed by atoms with Crippen molar-refractivity contribution in [3.05, 3.63) is 58.8 Å². The molecule has 14 heteroatoms. The van der Waals surface area contributed by atoms with Crippen LogP contribution >= 0.6 is 11.6 Å². The van der Waals surface area contributed by atoms with Crippen LogP contribution in [0.25, 0.3) is 22.4 Å². The highest BCUT2D eigenvalue weighted by Crippen LogP contribution is 2.32. The van der Waals surface area contributed by atoms with Gasteiger partial charge in [0.15, 0.2) is 11.5 Å². The lowest BCUT2D eigenvalue weighted by Crippen LogP contribution is -2.22. The van der Waals surface area contributed by atoms with Gasteiger partial charge in [0.25, 0.3) is 0 Å². The van der Waals surface area contributed by atoms with Crippen molar-refractivity contribution in [3.8, 4) is 17.3 Å². The van der Waals surface area contributed by atoms with E-state index in [2.05, 4.69) is 34.6 Å². The van der Waals surface area contributed by atoms with E-state index in [-0.39, 0.29) is 46.9 Å². The van der Waals surface area contributed by atoms with E-state index in [9.17, 15) is 22.0 Å². The molecular weight excluding hydrogens is 549 g/mol. The molecule has 204 valence electrons. The molecule has 0 saturated carbocycles. The number of aromatic nitrogens is 5. The summed E-state index contributed by atoms with van der Waals surface area (Å²) < 4.78 is 82.5. The van der Waals surface area contributed by atoms with Gasteiger partial charge in [-0.05, 0) is 35.3 Å². The first-order chi connectivity index (χ1) is 17.7. The molecule has 3 heterocycles. The van der Waals surface area contributed by atoms with Gasteiger partial charge in [-0.2, -0.15) is 18.2 Å². The molecule has 0 aliphatic heterocycles. The summed E-state index contributed by atoms with van der Waals surface area (Å²) in [6, 6.07) is 4.85. The Morgan fingerprint density at radius 3 is 2.39 bits per heavy atom. The minimum absolute atomic E-state index is 0.0268. The van der Waals surface area contributed by atoms with E-state index < -0.39 is 31.6 Å². The van der Waals surface area contributed by atoms with Crippen LogP contribution in [-0.4, -0.2) is 38.8 Å². The molecule has 7 nitrogen and oxygen atoms in total. The predicted octanol–water partition coefficient (Wildman–Crippen LogP) is 6.67. The van der Waals surface area contributed by atoms with Gasteiger partial charge in [0.05, 0.1) is 5.56 Å². The molecule has 0 saturated heterocycles. The van der Waals surface area contributed by atoms with E-state index in [4.69, 9.17) is 21.1 Å².